The summed E-state index contributed by atoms with van der Waals surface area (Å²) < 4.78 is 10.8. The third-order valence-electron chi connectivity index (χ3n) is 4.63. The molecule has 1 aromatic heterocycles. The van der Waals surface area contributed by atoms with Crippen LogP contribution in [-0.2, 0) is 4.74 Å². The molecule has 1 atom stereocenters. The quantitative estimate of drug-likeness (QED) is 0.803. The maximum atomic E-state index is 5.43. The predicted molar refractivity (Wildman–Crippen MR) is 99.1 cm³/mol. The van der Waals surface area contributed by atoms with Gasteiger partial charge in [-0.25, -0.2) is 0 Å². The van der Waals surface area contributed by atoms with E-state index in [1.165, 1.54) is 0 Å². The van der Waals surface area contributed by atoms with E-state index in [9.17, 15) is 0 Å². The molecule has 0 spiro atoms. The topological polar surface area (TPSA) is 50.7 Å². The summed E-state index contributed by atoms with van der Waals surface area (Å²) in [5, 5.41) is 8.80. The highest BCUT2D eigenvalue weighted by atomic mass is 16.5. The van der Waals surface area contributed by atoms with Gasteiger partial charge in [-0.3, -0.25) is 4.90 Å². The Morgan fingerprint density at radius 2 is 1.92 bits per heavy atom. The second-order valence-corrected chi connectivity index (χ2v) is 6.35. The Bertz CT molecular complexity index is 671. The van der Waals surface area contributed by atoms with Crippen molar-refractivity contribution in [3.63, 3.8) is 0 Å². The van der Waals surface area contributed by atoms with Gasteiger partial charge in [0.25, 0.3) is 0 Å². The lowest BCUT2D eigenvalue weighted by Gasteiger charge is -2.34. The number of rotatable bonds is 6. The smallest absolute Gasteiger partial charge is 0.151 e. The molecule has 0 amide bonds. The number of anilines is 1. The Morgan fingerprint density at radius 3 is 2.60 bits per heavy atom. The van der Waals surface area contributed by atoms with Gasteiger partial charge in [0.15, 0.2) is 5.82 Å². The van der Waals surface area contributed by atoms with Crippen molar-refractivity contribution in [1.82, 2.24) is 15.1 Å². The molecule has 25 heavy (non-hydrogen) atoms. The molecule has 3 rings (SSSR count). The van der Waals surface area contributed by atoms with Gasteiger partial charge >= 0.3 is 0 Å². The largest absolute Gasteiger partial charge is 0.496 e. The molecule has 6 nitrogen and oxygen atoms in total. The van der Waals surface area contributed by atoms with Gasteiger partial charge in [0.1, 0.15) is 5.75 Å². The standard InChI is InChI=1S/C19H26N4O2/c1-15(23-10-12-25-13-11-23)14-22(2)19-9-8-17(20-21-19)16-6-4-5-7-18(16)24-3/h4-9,15H,10-14H2,1-3H3/t15-/m0/s1. The van der Waals surface area contributed by atoms with E-state index < -0.39 is 0 Å². The molecule has 0 bridgehead atoms. The molecule has 0 N–H and O–H groups in total. The summed E-state index contributed by atoms with van der Waals surface area (Å²) in [6.45, 7) is 6.78. The Labute approximate surface area is 149 Å². The van der Waals surface area contributed by atoms with Gasteiger partial charge in [0.2, 0.25) is 0 Å². The van der Waals surface area contributed by atoms with Crippen LogP contribution < -0.4 is 9.64 Å². The molecule has 0 saturated carbocycles. The number of aromatic nitrogens is 2. The van der Waals surface area contributed by atoms with Crippen LogP contribution in [0.1, 0.15) is 6.92 Å². The number of morpholine rings is 1. The fraction of sp³-hybridized carbons (Fsp3) is 0.474. The zero-order chi connectivity index (χ0) is 17.6. The van der Waals surface area contributed by atoms with Gasteiger partial charge in [-0.05, 0) is 31.2 Å². The van der Waals surface area contributed by atoms with Gasteiger partial charge in [0, 0.05) is 38.3 Å². The summed E-state index contributed by atoms with van der Waals surface area (Å²) in [6, 6.07) is 12.3. The lowest BCUT2D eigenvalue weighted by molar-refractivity contribution is 0.0217. The van der Waals surface area contributed by atoms with Crippen molar-refractivity contribution in [3.8, 4) is 17.0 Å². The monoisotopic (exact) mass is 342 g/mol. The van der Waals surface area contributed by atoms with Crippen molar-refractivity contribution >= 4 is 5.82 Å². The minimum absolute atomic E-state index is 0.449. The minimum Gasteiger partial charge on any atom is -0.496 e. The van der Waals surface area contributed by atoms with E-state index in [0.717, 1.165) is 55.7 Å². The Hall–Kier alpha value is -2.18. The van der Waals surface area contributed by atoms with Crippen molar-refractivity contribution < 1.29 is 9.47 Å². The van der Waals surface area contributed by atoms with Crippen LogP contribution in [0.5, 0.6) is 5.75 Å². The van der Waals surface area contributed by atoms with Crippen molar-refractivity contribution in [3.05, 3.63) is 36.4 Å². The number of para-hydroxylation sites is 1. The van der Waals surface area contributed by atoms with Crippen LogP contribution in [0.15, 0.2) is 36.4 Å². The molecule has 2 aromatic rings. The first-order chi connectivity index (χ1) is 12.2. The molecule has 1 fully saturated rings. The number of methoxy groups -OCH3 is 1. The van der Waals surface area contributed by atoms with E-state index in [0.29, 0.717) is 6.04 Å². The third-order valence-corrected chi connectivity index (χ3v) is 4.63. The summed E-state index contributed by atoms with van der Waals surface area (Å²) in [5.74, 6) is 1.68. The molecule has 1 saturated heterocycles. The number of hydrogen-bond acceptors (Lipinski definition) is 6. The molecule has 1 aliphatic rings. The van der Waals surface area contributed by atoms with Gasteiger partial charge in [-0.2, -0.15) is 0 Å². The molecule has 0 aliphatic carbocycles. The molecular weight excluding hydrogens is 316 g/mol. The lowest BCUT2D eigenvalue weighted by atomic mass is 10.1. The average molecular weight is 342 g/mol. The molecular formula is C19H26N4O2. The summed E-state index contributed by atoms with van der Waals surface area (Å²) >= 11 is 0. The number of nitrogens with zero attached hydrogens (tertiary/aromatic N) is 4. The third kappa shape index (κ3) is 4.27. The summed E-state index contributed by atoms with van der Waals surface area (Å²) in [5.41, 5.74) is 1.77. The first-order valence-electron chi connectivity index (χ1n) is 8.69. The Balaban J connectivity index is 1.67. The fourth-order valence-corrected chi connectivity index (χ4v) is 3.15. The van der Waals surface area contributed by atoms with Crippen LogP contribution in [0.4, 0.5) is 5.82 Å². The molecule has 134 valence electrons. The second-order valence-electron chi connectivity index (χ2n) is 6.35. The van der Waals surface area contributed by atoms with Crippen LogP contribution in [0.25, 0.3) is 11.3 Å². The van der Waals surface area contributed by atoms with E-state index in [1.807, 2.05) is 36.4 Å². The average Bonchev–Trinajstić information content (AvgIpc) is 2.68. The Morgan fingerprint density at radius 1 is 1.16 bits per heavy atom. The number of benzene rings is 1. The van der Waals surface area contributed by atoms with Crippen LogP contribution in [0, 0.1) is 0 Å². The number of ether oxygens (including phenoxy) is 2. The van der Waals surface area contributed by atoms with Gasteiger partial charge in [0.05, 0.1) is 26.0 Å². The molecule has 0 radical (unpaired) electrons. The van der Waals surface area contributed by atoms with E-state index in [2.05, 4.69) is 34.0 Å². The highest BCUT2D eigenvalue weighted by Crippen LogP contribution is 2.28. The normalized spacial score (nSPS) is 16.4. The van der Waals surface area contributed by atoms with Crippen molar-refractivity contribution in [2.75, 3.05) is 51.9 Å². The zero-order valence-corrected chi connectivity index (χ0v) is 15.2. The highest BCUT2D eigenvalue weighted by Gasteiger charge is 2.19. The van der Waals surface area contributed by atoms with Gasteiger partial charge in [-0.1, -0.05) is 12.1 Å². The SMILES string of the molecule is COc1ccccc1-c1ccc(N(C)C[C@H](C)N2CCOCC2)nn1. The summed E-state index contributed by atoms with van der Waals surface area (Å²) in [4.78, 5) is 4.61. The van der Waals surface area contributed by atoms with Crippen LogP contribution in [-0.4, -0.2) is 68.1 Å². The number of hydrogen-bond donors (Lipinski definition) is 0. The molecule has 6 heteroatoms. The fourth-order valence-electron chi connectivity index (χ4n) is 3.15. The van der Waals surface area contributed by atoms with Crippen LogP contribution in [0.3, 0.4) is 0 Å². The lowest BCUT2D eigenvalue weighted by Crippen LogP contribution is -2.46. The molecule has 1 aliphatic heterocycles. The zero-order valence-electron chi connectivity index (χ0n) is 15.2. The van der Waals surface area contributed by atoms with Crippen molar-refractivity contribution in [2.45, 2.75) is 13.0 Å². The molecule has 1 aromatic carbocycles. The van der Waals surface area contributed by atoms with E-state index in [1.54, 1.807) is 7.11 Å². The predicted octanol–water partition coefficient (Wildman–Crippen LogP) is 2.31. The van der Waals surface area contributed by atoms with Crippen molar-refractivity contribution in [1.29, 1.82) is 0 Å². The maximum absolute atomic E-state index is 5.43. The summed E-state index contributed by atoms with van der Waals surface area (Å²) in [6.07, 6.45) is 0. The van der Waals surface area contributed by atoms with Gasteiger partial charge < -0.3 is 14.4 Å². The van der Waals surface area contributed by atoms with Crippen molar-refractivity contribution in [2.24, 2.45) is 0 Å². The first-order valence-corrected chi connectivity index (χ1v) is 8.69. The summed E-state index contributed by atoms with van der Waals surface area (Å²) in [7, 11) is 3.73. The van der Waals surface area contributed by atoms with E-state index in [4.69, 9.17) is 9.47 Å². The first kappa shape index (κ1) is 17.6. The second kappa shape index (κ2) is 8.27. The number of likely N-dealkylation sites (N-methyl/N-ethyl adjacent to an activating group) is 1. The maximum Gasteiger partial charge on any atom is 0.151 e. The van der Waals surface area contributed by atoms with Gasteiger partial charge in [-0.15, -0.1) is 10.2 Å². The highest BCUT2D eigenvalue weighted by molar-refractivity contribution is 5.67. The van der Waals surface area contributed by atoms with Crippen LogP contribution in [0.2, 0.25) is 0 Å². The molecule has 0 unspecified atom stereocenters. The van der Waals surface area contributed by atoms with E-state index in [-0.39, 0.29) is 0 Å². The Kier molecular flexibility index (Phi) is 5.83. The van der Waals surface area contributed by atoms with Crippen LogP contribution >= 0.6 is 0 Å². The molecule has 2 heterocycles. The minimum atomic E-state index is 0.449. The van der Waals surface area contributed by atoms with E-state index >= 15 is 0 Å².